The average Bonchev–Trinajstić information content (AvgIpc) is 2.88. The van der Waals surface area contributed by atoms with E-state index in [2.05, 4.69) is 9.97 Å². The number of carbonyl (C=O) groups is 1. The molecular weight excluding hydrogens is 473 g/mol. The molecule has 7 nitrogen and oxygen atoms in total. The first-order valence-electron chi connectivity index (χ1n) is 11.3. The first kappa shape index (κ1) is 25.0. The first-order chi connectivity index (χ1) is 17.2. The van der Waals surface area contributed by atoms with E-state index in [-0.39, 0.29) is 31.5 Å². The van der Waals surface area contributed by atoms with E-state index >= 15 is 0 Å². The van der Waals surface area contributed by atoms with Crippen LogP contribution in [0.5, 0.6) is 5.88 Å². The summed E-state index contributed by atoms with van der Waals surface area (Å²) in [4.78, 5) is 22.9. The molecule has 0 radical (unpaired) electrons. The normalized spacial score (nSPS) is 15.2. The molecule has 0 saturated carbocycles. The van der Waals surface area contributed by atoms with Crippen LogP contribution in [0.25, 0.3) is 11.3 Å². The maximum atomic E-state index is 13.0. The summed E-state index contributed by atoms with van der Waals surface area (Å²) < 4.78 is 44.7. The van der Waals surface area contributed by atoms with Gasteiger partial charge in [-0.05, 0) is 61.7 Å². The predicted molar refractivity (Wildman–Crippen MR) is 126 cm³/mol. The number of hydrogen-bond acceptors (Lipinski definition) is 6. The molecule has 1 aliphatic heterocycles. The highest BCUT2D eigenvalue weighted by molar-refractivity contribution is 5.82. The average molecular weight is 496 g/mol. The quantitative estimate of drug-likeness (QED) is 0.510. The number of nitriles is 1. The van der Waals surface area contributed by atoms with E-state index in [0.717, 1.165) is 12.1 Å². The predicted octanol–water partition coefficient (Wildman–Crippen LogP) is 5.06. The number of anilines is 1. The summed E-state index contributed by atoms with van der Waals surface area (Å²) in [5.41, 5.74) is -0.0233. The standard InChI is InChI=1S/C26H23F3N4O3/c1-2-36-23-20(4-3-11-31-23)21-7-5-19(16-32-21)25(24(34)35)9-12-33(13-10-25)22-8-6-18(26(27,28)29)14-17(22)15-30/h3-8,11,14,16H,2,9-10,12-13H2,1H3,(H,34,35). The molecule has 0 unspecified atom stereocenters. The smallest absolute Gasteiger partial charge is 0.416 e. The largest absolute Gasteiger partial charge is 0.481 e. The van der Waals surface area contributed by atoms with Crippen molar-refractivity contribution in [3.63, 3.8) is 0 Å². The van der Waals surface area contributed by atoms with Crippen LogP contribution in [-0.4, -0.2) is 40.7 Å². The first-order valence-corrected chi connectivity index (χ1v) is 11.3. The fourth-order valence-corrected chi connectivity index (χ4v) is 4.51. The highest BCUT2D eigenvalue weighted by Gasteiger charge is 2.44. The van der Waals surface area contributed by atoms with Crippen LogP contribution in [0, 0.1) is 11.3 Å². The SMILES string of the molecule is CCOc1ncccc1-c1ccc(C2(C(=O)O)CCN(c3ccc(C(F)(F)F)cc3C#N)CC2)cn1. The van der Waals surface area contributed by atoms with Crippen molar-refractivity contribution in [1.82, 2.24) is 9.97 Å². The zero-order valence-electron chi connectivity index (χ0n) is 19.4. The van der Waals surface area contributed by atoms with Gasteiger partial charge in [-0.1, -0.05) is 6.07 Å². The number of carboxylic acids is 1. The van der Waals surface area contributed by atoms with Crippen LogP contribution >= 0.6 is 0 Å². The van der Waals surface area contributed by atoms with Crippen molar-refractivity contribution in [1.29, 1.82) is 5.26 Å². The molecule has 0 spiro atoms. The van der Waals surface area contributed by atoms with Gasteiger partial charge in [0.1, 0.15) is 6.07 Å². The van der Waals surface area contributed by atoms with E-state index in [9.17, 15) is 28.3 Å². The van der Waals surface area contributed by atoms with Gasteiger partial charge in [-0.15, -0.1) is 0 Å². The number of ether oxygens (including phenoxy) is 1. The molecule has 10 heteroatoms. The molecule has 186 valence electrons. The molecule has 3 aromatic rings. The second-order valence-corrected chi connectivity index (χ2v) is 8.44. The van der Waals surface area contributed by atoms with Gasteiger partial charge < -0.3 is 14.7 Å². The second-order valence-electron chi connectivity index (χ2n) is 8.44. The Morgan fingerprint density at radius 2 is 1.94 bits per heavy atom. The Hall–Kier alpha value is -4.13. The lowest BCUT2D eigenvalue weighted by molar-refractivity contribution is -0.145. The van der Waals surface area contributed by atoms with Crippen LogP contribution in [0.2, 0.25) is 0 Å². The second kappa shape index (κ2) is 9.85. The topological polar surface area (TPSA) is 99.3 Å². The van der Waals surface area contributed by atoms with Crippen molar-refractivity contribution in [3.05, 3.63) is 71.5 Å². The summed E-state index contributed by atoms with van der Waals surface area (Å²) in [5.74, 6) is -0.563. The Bertz CT molecular complexity index is 1300. The van der Waals surface area contributed by atoms with Gasteiger partial charge in [-0.2, -0.15) is 18.4 Å². The summed E-state index contributed by atoms with van der Waals surface area (Å²) in [6.07, 6.45) is -0.993. The molecule has 4 rings (SSSR count). The molecule has 36 heavy (non-hydrogen) atoms. The van der Waals surface area contributed by atoms with Crippen LogP contribution < -0.4 is 9.64 Å². The molecule has 3 heterocycles. The molecule has 0 amide bonds. The van der Waals surface area contributed by atoms with Crippen molar-refractivity contribution in [2.24, 2.45) is 0 Å². The third-order valence-corrected chi connectivity index (χ3v) is 6.46. The van der Waals surface area contributed by atoms with E-state index in [1.54, 1.807) is 35.5 Å². The monoisotopic (exact) mass is 496 g/mol. The maximum Gasteiger partial charge on any atom is 0.416 e. The lowest BCUT2D eigenvalue weighted by Gasteiger charge is -2.40. The van der Waals surface area contributed by atoms with Gasteiger partial charge >= 0.3 is 12.1 Å². The number of aliphatic carboxylic acids is 1. The van der Waals surface area contributed by atoms with Gasteiger partial charge in [0, 0.05) is 25.5 Å². The Morgan fingerprint density at radius 3 is 2.53 bits per heavy atom. The third kappa shape index (κ3) is 4.69. The molecular formula is C26H23F3N4O3. The van der Waals surface area contributed by atoms with E-state index in [4.69, 9.17) is 4.74 Å². The molecule has 1 aliphatic rings. The summed E-state index contributed by atoms with van der Waals surface area (Å²) in [6, 6.07) is 11.9. The summed E-state index contributed by atoms with van der Waals surface area (Å²) >= 11 is 0. The molecule has 0 aliphatic carbocycles. The zero-order chi connectivity index (χ0) is 25.9. The van der Waals surface area contributed by atoms with E-state index in [0.29, 0.717) is 35.0 Å². The molecule has 1 saturated heterocycles. The van der Waals surface area contributed by atoms with Gasteiger partial charge in [-0.25, -0.2) is 4.98 Å². The summed E-state index contributed by atoms with van der Waals surface area (Å²) in [5, 5.41) is 19.6. The van der Waals surface area contributed by atoms with Crippen LogP contribution in [-0.2, 0) is 16.4 Å². The fourth-order valence-electron chi connectivity index (χ4n) is 4.51. The number of pyridine rings is 2. The number of nitrogens with zero attached hydrogens (tertiary/aromatic N) is 4. The molecule has 2 aromatic heterocycles. The Labute approximate surface area is 205 Å². The van der Waals surface area contributed by atoms with E-state index in [1.165, 1.54) is 6.07 Å². The van der Waals surface area contributed by atoms with Crippen molar-refractivity contribution < 1.29 is 27.8 Å². The number of aromatic nitrogens is 2. The zero-order valence-corrected chi connectivity index (χ0v) is 19.4. The molecule has 0 atom stereocenters. The molecule has 0 bridgehead atoms. The number of benzene rings is 1. The van der Waals surface area contributed by atoms with Crippen molar-refractivity contribution in [2.45, 2.75) is 31.4 Å². The highest BCUT2D eigenvalue weighted by atomic mass is 19.4. The van der Waals surface area contributed by atoms with Gasteiger partial charge in [0.2, 0.25) is 5.88 Å². The minimum atomic E-state index is -4.55. The molecule has 1 fully saturated rings. The van der Waals surface area contributed by atoms with Crippen LogP contribution in [0.1, 0.15) is 36.5 Å². The molecule has 1 N–H and O–H groups in total. The lowest BCUT2D eigenvalue weighted by atomic mass is 9.73. The number of hydrogen-bond donors (Lipinski definition) is 1. The van der Waals surface area contributed by atoms with Gasteiger partial charge in [0.15, 0.2) is 0 Å². The van der Waals surface area contributed by atoms with Crippen molar-refractivity contribution in [3.8, 4) is 23.2 Å². The maximum absolute atomic E-state index is 13.0. The van der Waals surface area contributed by atoms with Gasteiger partial charge in [0.05, 0.1) is 40.1 Å². The van der Waals surface area contributed by atoms with E-state index < -0.39 is 23.1 Å². The Kier molecular flexibility index (Phi) is 6.84. The van der Waals surface area contributed by atoms with Crippen molar-refractivity contribution >= 4 is 11.7 Å². The third-order valence-electron chi connectivity index (χ3n) is 6.46. The lowest BCUT2D eigenvalue weighted by Crippen LogP contribution is -2.47. The number of rotatable bonds is 6. The minimum absolute atomic E-state index is 0.0970. The number of piperidine rings is 1. The minimum Gasteiger partial charge on any atom is -0.481 e. The van der Waals surface area contributed by atoms with Gasteiger partial charge in [0.25, 0.3) is 0 Å². The van der Waals surface area contributed by atoms with Crippen LogP contribution in [0.4, 0.5) is 18.9 Å². The number of alkyl halides is 3. The molecule has 1 aromatic carbocycles. The van der Waals surface area contributed by atoms with Gasteiger partial charge in [-0.3, -0.25) is 9.78 Å². The summed E-state index contributed by atoms with van der Waals surface area (Å²) in [6.45, 7) is 2.80. The van der Waals surface area contributed by atoms with E-state index in [1.807, 2.05) is 19.1 Å². The number of carboxylic acid groups (broad SMARTS) is 1. The highest BCUT2D eigenvalue weighted by Crippen LogP contribution is 2.40. The Balaban J connectivity index is 1.58. The Morgan fingerprint density at radius 1 is 1.19 bits per heavy atom. The van der Waals surface area contributed by atoms with Crippen LogP contribution in [0.3, 0.4) is 0 Å². The van der Waals surface area contributed by atoms with Crippen LogP contribution in [0.15, 0.2) is 54.9 Å². The number of halogens is 3. The fraction of sp³-hybridized carbons (Fsp3) is 0.308. The van der Waals surface area contributed by atoms with Crippen molar-refractivity contribution in [2.75, 3.05) is 24.6 Å². The summed E-state index contributed by atoms with van der Waals surface area (Å²) in [7, 11) is 0.